The smallest absolute Gasteiger partial charge is 0.257 e. The van der Waals surface area contributed by atoms with Crippen LogP contribution in [0.15, 0.2) is 57.9 Å². The van der Waals surface area contributed by atoms with E-state index in [1.807, 2.05) is 50.2 Å². The maximum absolute atomic E-state index is 12.4. The van der Waals surface area contributed by atoms with E-state index in [0.717, 1.165) is 16.8 Å². The minimum atomic E-state index is -3.37. The van der Waals surface area contributed by atoms with Crippen molar-refractivity contribution in [3.05, 3.63) is 59.9 Å². The summed E-state index contributed by atoms with van der Waals surface area (Å²) >= 11 is 0. The van der Waals surface area contributed by atoms with E-state index in [9.17, 15) is 8.42 Å². The standard InChI is InChI=1S/C19H21N3O3S/c1-14-4-10-17(11-5-14)26(23,24)13-12-18-20-19(25-21-18)15-6-8-16(9-7-15)22(2)3/h4-11H,12-13H2,1-3H3. The molecule has 2 aromatic carbocycles. The van der Waals surface area contributed by atoms with Gasteiger partial charge in [-0.15, -0.1) is 0 Å². The SMILES string of the molecule is Cc1ccc(S(=O)(=O)CCc2noc(-c3ccc(N(C)C)cc3)n2)cc1. The summed E-state index contributed by atoms with van der Waals surface area (Å²) < 4.78 is 30.1. The maximum Gasteiger partial charge on any atom is 0.257 e. The van der Waals surface area contributed by atoms with Gasteiger partial charge in [0.25, 0.3) is 5.89 Å². The van der Waals surface area contributed by atoms with Crippen LogP contribution in [0.4, 0.5) is 5.69 Å². The van der Waals surface area contributed by atoms with E-state index in [-0.39, 0.29) is 12.2 Å². The van der Waals surface area contributed by atoms with Crippen LogP contribution in [0, 0.1) is 6.92 Å². The Kier molecular flexibility index (Phi) is 5.08. The Labute approximate surface area is 153 Å². The summed E-state index contributed by atoms with van der Waals surface area (Å²) in [7, 11) is 0.560. The van der Waals surface area contributed by atoms with Crippen molar-refractivity contribution in [2.24, 2.45) is 0 Å². The van der Waals surface area contributed by atoms with Gasteiger partial charge in [0.15, 0.2) is 15.7 Å². The second kappa shape index (κ2) is 7.29. The number of aryl methyl sites for hydroxylation is 2. The molecule has 7 heteroatoms. The number of nitrogens with zero attached hydrogens (tertiary/aromatic N) is 3. The molecule has 0 amide bonds. The number of rotatable bonds is 6. The highest BCUT2D eigenvalue weighted by Gasteiger charge is 2.17. The zero-order valence-corrected chi connectivity index (χ0v) is 15.8. The molecule has 0 unspecified atom stereocenters. The fraction of sp³-hybridized carbons (Fsp3) is 0.263. The molecule has 3 aromatic rings. The Bertz CT molecular complexity index is 976. The van der Waals surface area contributed by atoms with Gasteiger partial charge in [0, 0.05) is 31.8 Å². The van der Waals surface area contributed by atoms with Crippen molar-refractivity contribution in [3.63, 3.8) is 0 Å². The van der Waals surface area contributed by atoms with E-state index < -0.39 is 9.84 Å². The Morgan fingerprint density at radius 1 is 1.00 bits per heavy atom. The predicted molar refractivity (Wildman–Crippen MR) is 101 cm³/mol. The average Bonchev–Trinajstić information content (AvgIpc) is 3.10. The van der Waals surface area contributed by atoms with E-state index in [1.54, 1.807) is 24.3 Å². The Balaban J connectivity index is 1.69. The predicted octanol–water partition coefficient (Wildman–Crippen LogP) is 3.13. The van der Waals surface area contributed by atoms with Crippen molar-refractivity contribution >= 4 is 15.5 Å². The first-order chi connectivity index (χ1) is 12.3. The molecular weight excluding hydrogens is 350 g/mol. The van der Waals surface area contributed by atoms with Crippen molar-refractivity contribution < 1.29 is 12.9 Å². The number of sulfone groups is 1. The fourth-order valence-electron chi connectivity index (χ4n) is 2.46. The lowest BCUT2D eigenvalue weighted by Crippen LogP contribution is -2.10. The third-order valence-electron chi connectivity index (χ3n) is 4.07. The lowest BCUT2D eigenvalue weighted by molar-refractivity contribution is 0.423. The highest BCUT2D eigenvalue weighted by molar-refractivity contribution is 7.91. The number of aromatic nitrogens is 2. The molecule has 26 heavy (non-hydrogen) atoms. The van der Waals surface area contributed by atoms with Crippen LogP contribution in [0.2, 0.25) is 0 Å². The quantitative estimate of drug-likeness (QED) is 0.663. The molecule has 0 saturated carbocycles. The molecule has 0 bridgehead atoms. The molecule has 0 aliphatic rings. The number of benzene rings is 2. The molecule has 0 aliphatic carbocycles. The summed E-state index contributed by atoms with van der Waals surface area (Å²) in [6, 6.07) is 14.5. The zero-order chi connectivity index (χ0) is 18.7. The molecule has 3 rings (SSSR count). The largest absolute Gasteiger partial charge is 0.378 e. The van der Waals surface area contributed by atoms with Crippen LogP contribution in [-0.4, -0.2) is 38.4 Å². The Morgan fingerprint density at radius 3 is 2.27 bits per heavy atom. The molecule has 0 aliphatic heterocycles. The number of hydrogen-bond acceptors (Lipinski definition) is 6. The number of hydrogen-bond donors (Lipinski definition) is 0. The van der Waals surface area contributed by atoms with Crippen molar-refractivity contribution in [2.75, 3.05) is 24.7 Å². The van der Waals surface area contributed by atoms with Gasteiger partial charge in [-0.3, -0.25) is 0 Å². The first-order valence-corrected chi connectivity index (χ1v) is 9.90. The van der Waals surface area contributed by atoms with Crippen LogP contribution in [-0.2, 0) is 16.3 Å². The molecule has 0 radical (unpaired) electrons. The van der Waals surface area contributed by atoms with Gasteiger partial charge in [0.1, 0.15) is 0 Å². The second-order valence-electron chi connectivity index (χ2n) is 6.34. The van der Waals surface area contributed by atoms with E-state index in [4.69, 9.17) is 4.52 Å². The van der Waals surface area contributed by atoms with E-state index in [0.29, 0.717) is 16.6 Å². The van der Waals surface area contributed by atoms with Crippen molar-refractivity contribution in [1.29, 1.82) is 0 Å². The van der Waals surface area contributed by atoms with Crippen LogP contribution < -0.4 is 4.90 Å². The van der Waals surface area contributed by atoms with Gasteiger partial charge in [-0.1, -0.05) is 22.9 Å². The summed E-state index contributed by atoms with van der Waals surface area (Å²) in [5.74, 6) is 0.708. The maximum atomic E-state index is 12.4. The van der Waals surface area contributed by atoms with Crippen LogP contribution in [0.5, 0.6) is 0 Å². The summed E-state index contributed by atoms with van der Waals surface area (Å²) in [6.07, 6.45) is 0.204. The zero-order valence-electron chi connectivity index (χ0n) is 15.0. The molecular formula is C19H21N3O3S. The molecule has 0 saturated heterocycles. The molecule has 0 N–H and O–H groups in total. The molecule has 0 atom stereocenters. The molecule has 6 nitrogen and oxygen atoms in total. The molecule has 1 heterocycles. The Hall–Kier alpha value is -2.67. The molecule has 0 spiro atoms. The third kappa shape index (κ3) is 4.11. The Morgan fingerprint density at radius 2 is 1.65 bits per heavy atom. The summed E-state index contributed by atoms with van der Waals surface area (Å²) in [5, 5.41) is 3.90. The summed E-state index contributed by atoms with van der Waals surface area (Å²) in [6.45, 7) is 1.92. The lowest BCUT2D eigenvalue weighted by atomic mass is 10.2. The van der Waals surface area contributed by atoms with Crippen LogP contribution >= 0.6 is 0 Å². The van der Waals surface area contributed by atoms with E-state index in [2.05, 4.69) is 10.1 Å². The van der Waals surface area contributed by atoms with Gasteiger partial charge < -0.3 is 9.42 Å². The minimum Gasteiger partial charge on any atom is -0.378 e. The average molecular weight is 371 g/mol. The molecule has 1 aromatic heterocycles. The van der Waals surface area contributed by atoms with Gasteiger partial charge in [0.2, 0.25) is 0 Å². The normalized spacial score (nSPS) is 11.5. The fourth-order valence-corrected chi connectivity index (χ4v) is 3.70. The summed E-state index contributed by atoms with van der Waals surface area (Å²) in [5.41, 5.74) is 2.89. The van der Waals surface area contributed by atoms with Gasteiger partial charge in [-0.2, -0.15) is 4.98 Å². The van der Waals surface area contributed by atoms with Crippen LogP contribution in [0.1, 0.15) is 11.4 Å². The van der Waals surface area contributed by atoms with Gasteiger partial charge in [-0.25, -0.2) is 8.42 Å². The number of anilines is 1. The highest BCUT2D eigenvalue weighted by Crippen LogP contribution is 2.21. The van der Waals surface area contributed by atoms with E-state index in [1.165, 1.54) is 0 Å². The lowest BCUT2D eigenvalue weighted by Gasteiger charge is -2.11. The van der Waals surface area contributed by atoms with Gasteiger partial charge in [-0.05, 0) is 43.3 Å². The molecule has 0 fully saturated rings. The van der Waals surface area contributed by atoms with Gasteiger partial charge >= 0.3 is 0 Å². The van der Waals surface area contributed by atoms with E-state index >= 15 is 0 Å². The third-order valence-corrected chi connectivity index (χ3v) is 5.81. The van der Waals surface area contributed by atoms with Crippen LogP contribution in [0.3, 0.4) is 0 Å². The monoisotopic (exact) mass is 371 g/mol. The summed E-state index contributed by atoms with van der Waals surface area (Å²) in [4.78, 5) is 6.62. The second-order valence-corrected chi connectivity index (χ2v) is 8.45. The topological polar surface area (TPSA) is 76.3 Å². The first kappa shape index (κ1) is 18.1. The molecule has 136 valence electrons. The first-order valence-electron chi connectivity index (χ1n) is 8.25. The van der Waals surface area contributed by atoms with Crippen molar-refractivity contribution in [1.82, 2.24) is 10.1 Å². The van der Waals surface area contributed by atoms with Crippen molar-refractivity contribution in [3.8, 4) is 11.5 Å². The minimum absolute atomic E-state index is 0.0609. The van der Waals surface area contributed by atoms with Gasteiger partial charge in [0.05, 0.1) is 10.6 Å². The highest BCUT2D eigenvalue weighted by atomic mass is 32.2. The van der Waals surface area contributed by atoms with Crippen molar-refractivity contribution in [2.45, 2.75) is 18.2 Å². The van der Waals surface area contributed by atoms with Crippen LogP contribution in [0.25, 0.3) is 11.5 Å².